The number of rotatable bonds is 5. The van der Waals surface area contributed by atoms with Gasteiger partial charge in [-0.15, -0.1) is 0 Å². The summed E-state index contributed by atoms with van der Waals surface area (Å²) in [5, 5.41) is 10.6. The summed E-state index contributed by atoms with van der Waals surface area (Å²) in [5.41, 5.74) is -2.29. The lowest BCUT2D eigenvalue weighted by molar-refractivity contribution is -0.142. The van der Waals surface area contributed by atoms with Crippen LogP contribution in [-0.2, 0) is 25.6 Å². The van der Waals surface area contributed by atoms with E-state index in [0.717, 1.165) is 31.4 Å². The highest BCUT2D eigenvalue weighted by atomic mass is 32.2. The van der Waals surface area contributed by atoms with Gasteiger partial charge in [0.25, 0.3) is 0 Å². The highest BCUT2D eigenvalue weighted by molar-refractivity contribution is 7.92. The molecule has 0 spiro atoms. The van der Waals surface area contributed by atoms with Crippen molar-refractivity contribution >= 4 is 21.7 Å². The molecule has 4 rings (SSSR count). The van der Waals surface area contributed by atoms with Gasteiger partial charge in [-0.1, -0.05) is 31.4 Å². The van der Waals surface area contributed by atoms with Crippen LogP contribution in [0.4, 0.5) is 13.2 Å². The van der Waals surface area contributed by atoms with E-state index in [9.17, 15) is 36.4 Å². The topological polar surface area (TPSA) is 107 Å². The van der Waals surface area contributed by atoms with Gasteiger partial charge in [0.15, 0.2) is 9.84 Å². The lowest BCUT2D eigenvalue weighted by Crippen LogP contribution is -2.50. The summed E-state index contributed by atoms with van der Waals surface area (Å²) in [5.74, 6) is -1.33. The Morgan fingerprint density at radius 3 is 2.35 bits per heavy atom. The van der Waals surface area contributed by atoms with Crippen LogP contribution in [0.25, 0.3) is 0 Å². The Labute approximate surface area is 196 Å². The van der Waals surface area contributed by atoms with Gasteiger partial charge in [0.05, 0.1) is 21.8 Å². The number of likely N-dealkylation sites (tertiary alicyclic amines) is 1. The van der Waals surface area contributed by atoms with Gasteiger partial charge in [0.1, 0.15) is 11.6 Å². The molecule has 7 nitrogen and oxygen atoms in total. The summed E-state index contributed by atoms with van der Waals surface area (Å²) in [6.07, 6.45) is -0.344. The molecule has 2 saturated carbocycles. The van der Waals surface area contributed by atoms with Crippen LogP contribution in [0.3, 0.4) is 0 Å². The van der Waals surface area contributed by atoms with Gasteiger partial charge in [-0.25, -0.2) is 8.42 Å². The van der Waals surface area contributed by atoms with Gasteiger partial charge in [-0.05, 0) is 44.2 Å². The summed E-state index contributed by atoms with van der Waals surface area (Å²) in [6, 6.07) is 4.82. The molecule has 1 aliphatic heterocycles. The molecule has 1 saturated heterocycles. The third kappa shape index (κ3) is 4.65. The van der Waals surface area contributed by atoms with Crippen molar-refractivity contribution in [1.29, 1.82) is 5.26 Å². The summed E-state index contributed by atoms with van der Waals surface area (Å²) in [7, 11) is -4.51. The maximum Gasteiger partial charge on any atom is 0.417 e. The van der Waals surface area contributed by atoms with Crippen molar-refractivity contribution in [3.63, 3.8) is 0 Å². The number of hydrogen-bond donors (Lipinski definition) is 1. The zero-order chi connectivity index (χ0) is 24.7. The highest BCUT2D eigenvalue weighted by Gasteiger charge is 2.51. The van der Waals surface area contributed by atoms with Gasteiger partial charge in [0, 0.05) is 12.5 Å². The molecule has 34 heavy (non-hydrogen) atoms. The Balaban J connectivity index is 1.65. The largest absolute Gasteiger partial charge is 0.417 e. The van der Waals surface area contributed by atoms with Crippen molar-refractivity contribution in [2.75, 3.05) is 6.54 Å². The minimum absolute atomic E-state index is 0.319. The van der Waals surface area contributed by atoms with Gasteiger partial charge in [0.2, 0.25) is 11.8 Å². The quantitative estimate of drug-likeness (QED) is 0.672. The Morgan fingerprint density at radius 2 is 1.76 bits per heavy atom. The van der Waals surface area contributed by atoms with Crippen LogP contribution < -0.4 is 5.32 Å². The van der Waals surface area contributed by atoms with Gasteiger partial charge >= 0.3 is 6.18 Å². The fourth-order valence-corrected chi connectivity index (χ4v) is 6.85. The minimum Gasteiger partial charge on any atom is -0.336 e. The number of nitrogens with one attached hydrogen (secondary N) is 1. The van der Waals surface area contributed by atoms with E-state index < -0.39 is 49.2 Å². The highest BCUT2D eigenvalue weighted by Crippen LogP contribution is 2.39. The third-order valence-corrected chi connectivity index (χ3v) is 9.26. The fraction of sp³-hybridized carbons (Fsp3) is 0.609. The second-order valence-electron chi connectivity index (χ2n) is 9.42. The molecule has 2 atom stereocenters. The Hall–Kier alpha value is -2.61. The van der Waals surface area contributed by atoms with Crippen molar-refractivity contribution < 1.29 is 31.2 Å². The Kier molecular flexibility index (Phi) is 6.40. The van der Waals surface area contributed by atoms with Crippen LogP contribution in [0.5, 0.6) is 0 Å². The van der Waals surface area contributed by atoms with Gasteiger partial charge in [-0.3, -0.25) is 9.59 Å². The van der Waals surface area contributed by atoms with Crippen molar-refractivity contribution in [3.05, 3.63) is 29.8 Å². The molecule has 184 valence electrons. The number of sulfone groups is 1. The molecular formula is C23H26F3N3O4S. The first-order chi connectivity index (χ1) is 16.0. The first kappa shape index (κ1) is 24.5. The van der Waals surface area contributed by atoms with Crippen LogP contribution in [0.2, 0.25) is 0 Å². The zero-order valence-electron chi connectivity index (χ0n) is 18.5. The summed E-state index contributed by atoms with van der Waals surface area (Å²) in [4.78, 5) is 26.7. The number of benzene rings is 1. The number of nitrogens with zero attached hydrogens (tertiary/aromatic N) is 2. The number of hydrogen-bond acceptors (Lipinski definition) is 5. The Bertz CT molecular complexity index is 1120. The summed E-state index contributed by atoms with van der Waals surface area (Å²) in [6.45, 7) is -0.360. The van der Waals surface area contributed by atoms with Crippen molar-refractivity contribution in [1.82, 2.24) is 10.2 Å². The first-order valence-electron chi connectivity index (χ1n) is 11.4. The molecule has 1 aromatic rings. The van der Waals surface area contributed by atoms with E-state index in [-0.39, 0.29) is 24.8 Å². The average molecular weight is 498 g/mol. The van der Waals surface area contributed by atoms with E-state index in [4.69, 9.17) is 0 Å². The standard InChI is InChI=1S/C23H26F3N3O4S/c24-23(25,26)17-8-4-5-9-19(17)34(32,33)16-12-18(20(30)28-22(14-27)10-11-22)29(13-16)21(31)15-6-2-1-3-7-15/h4-5,8-9,15-16,18H,1-3,6-7,10-13H2,(H,28,30)/t16-,18+/m1/s1. The molecule has 0 unspecified atom stereocenters. The normalized spacial score (nSPS) is 24.9. The number of nitriles is 1. The molecule has 1 N–H and O–H groups in total. The molecule has 2 amide bonds. The van der Waals surface area contributed by atoms with Crippen LogP contribution in [0.15, 0.2) is 29.2 Å². The lowest BCUT2D eigenvalue weighted by atomic mass is 9.88. The smallest absolute Gasteiger partial charge is 0.336 e. The minimum atomic E-state index is -4.87. The molecule has 0 bridgehead atoms. The molecule has 2 aliphatic carbocycles. The van der Waals surface area contributed by atoms with Crippen molar-refractivity contribution in [3.8, 4) is 6.07 Å². The maximum atomic E-state index is 13.5. The Morgan fingerprint density at radius 1 is 1.12 bits per heavy atom. The van der Waals surface area contributed by atoms with E-state index in [1.807, 2.05) is 6.07 Å². The zero-order valence-corrected chi connectivity index (χ0v) is 19.3. The summed E-state index contributed by atoms with van der Waals surface area (Å²) < 4.78 is 67.3. The number of amides is 2. The molecule has 3 aliphatic rings. The number of alkyl halides is 3. The molecule has 3 fully saturated rings. The van der Waals surface area contributed by atoms with Crippen LogP contribution in [0, 0.1) is 17.2 Å². The van der Waals surface area contributed by atoms with E-state index in [0.29, 0.717) is 31.7 Å². The predicted molar refractivity (Wildman–Crippen MR) is 115 cm³/mol. The monoisotopic (exact) mass is 497 g/mol. The van der Waals surface area contributed by atoms with E-state index >= 15 is 0 Å². The lowest BCUT2D eigenvalue weighted by Gasteiger charge is -2.30. The maximum absolute atomic E-state index is 13.5. The average Bonchev–Trinajstić information content (AvgIpc) is 3.43. The second kappa shape index (κ2) is 8.87. The number of halogens is 3. The molecule has 11 heteroatoms. The van der Waals surface area contributed by atoms with Crippen molar-refractivity contribution in [2.24, 2.45) is 5.92 Å². The molecule has 1 aromatic carbocycles. The van der Waals surface area contributed by atoms with Crippen molar-refractivity contribution in [2.45, 2.75) is 79.3 Å². The molecule has 0 radical (unpaired) electrons. The van der Waals surface area contributed by atoms with E-state index in [1.54, 1.807) is 0 Å². The van der Waals surface area contributed by atoms with Crippen LogP contribution in [0.1, 0.15) is 56.9 Å². The molecule has 1 heterocycles. The fourth-order valence-electron chi connectivity index (χ4n) is 4.94. The van der Waals surface area contributed by atoms with Crippen LogP contribution >= 0.6 is 0 Å². The van der Waals surface area contributed by atoms with Gasteiger partial charge in [-0.2, -0.15) is 18.4 Å². The van der Waals surface area contributed by atoms with Crippen LogP contribution in [-0.4, -0.2) is 48.5 Å². The number of carbonyl (C=O) groups is 2. The predicted octanol–water partition coefficient (Wildman–Crippen LogP) is 3.20. The second-order valence-corrected chi connectivity index (χ2v) is 11.6. The van der Waals surface area contributed by atoms with E-state index in [1.165, 1.54) is 11.0 Å². The number of carbonyl (C=O) groups excluding carboxylic acids is 2. The molecule has 0 aromatic heterocycles. The third-order valence-electron chi connectivity index (χ3n) is 7.07. The summed E-state index contributed by atoms with van der Waals surface area (Å²) >= 11 is 0. The SMILES string of the molecule is N#CC1(NC(=O)[C@@H]2C[C@@H](S(=O)(=O)c3ccccc3C(F)(F)F)CN2C(=O)C2CCCCC2)CC1. The first-order valence-corrected chi connectivity index (χ1v) is 13.0. The van der Waals surface area contributed by atoms with E-state index in [2.05, 4.69) is 5.32 Å². The molecular weight excluding hydrogens is 471 g/mol. The van der Waals surface area contributed by atoms with Gasteiger partial charge < -0.3 is 10.2 Å².